The summed E-state index contributed by atoms with van der Waals surface area (Å²) in [5.41, 5.74) is 0. The Balaban J connectivity index is -0.000000107. The van der Waals surface area contributed by atoms with Gasteiger partial charge in [-0.25, -0.2) is 0 Å². The molecule has 0 aromatic rings. The van der Waals surface area contributed by atoms with E-state index in [2.05, 4.69) is 32.3 Å². The molecule has 0 spiro atoms. The van der Waals surface area contributed by atoms with Gasteiger partial charge in [-0.3, -0.25) is 9.59 Å². The van der Waals surface area contributed by atoms with Crippen molar-refractivity contribution < 1.29 is 44.4 Å². The molecule has 0 saturated carbocycles. The van der Waals surface area contributed by atoms with Crippen molar-refractivity contribution in [2.75, 3.05) is 0 Å². The second-order valence-electron chi connectivity index (χ2n) is 1.14. The van der Waals surface area contributed by atoms with Crippen LogP contribution in [0.3, 0.4) is 0 Å². The quantitative estimate of drug-likeness (QED) is 0.673. The molecule has 0 radical (unpaired) electrons. The average molecular weight is 280 g/mol. The number of rotatable bonds is 0. The maximum Gasteiger partial charge on any atom is 0.321 e. The Kier molecular flexibility index (Phi) is 20.7. The van der Waals surface area contributed by atoms with Gasteiger partial charge in [0.1, 0.15) is 23.7 Å². The Labute approximate surface area is 93.6 Å². The summed E-state index contributed by atoms with van der Waals surface area (Å²) in [5.74, 6) is -0.960. The normalized spacial score (nSPS) is 6.18. The van der Waals surface area contributed by atoms with Crippen molar-refractivity contribution in [2.45, 2.75) is 13.8 Å². The monoisotopic (exact) mass is 278 g/mol. The van der Waals surface area contributed by atoms with Crippen LogP contribution in [0, 0.1) is 0 Å². The molecule has 0 bridgehead atoms. The molecule has 0 N–H and O–H groups in total. The minimum atomic E-state index is -0.480. The van der Waals surface area contributed by atoms with E-state index in [1.165, 1.54) is 13.8 Å². The third-order valence-corrected chi connectivity index (χ3v) is 0.652. The maximum absolute atomic E-state index is 9.46. The van der Waals surface area contributed by atoms with Crippen molar-refractivity contribution in [1.82, 2.24) is 0 Å². The van der Waals surface area contributed by atoms with E-state index < -0.39 is 11.9 Å². The van der Waals surface area contributed by atoms with E-state index in [9.17, 15) is 9.59 Å². The van der Waals surface area contributed by atoms with Gasteiger partial charge in [-0.15, -0.1) is 0 Å². The van der Waals surface area contributed by atoms with E-state index in [-0.39, 0.29) is 26.2 Å². The topological polar surface area (TPSA) is 52.6 Å². The molecular weight excluding hydrogens is 274 g/mol. The average Bonchev–Trinajstić information content (AvgIpc) is 1.89. The molecule has 4 nitrogen and oxygen atoms in total. The summed E-state index contributed by atoms with van der Waals surface area (Å²) in [6.07, 6.45) is 0. The molecule has 7 heteroatoms. The minimum absolute atomic E-state index is 0. The third kappa shape index (κ3) is 37.9. The van der Waals surface area contributed by atoms with Crippen LogP contribution in [0.4, 0.5) is 0 Å². The van der Waals surface area contributed by atoms with E-state index in [0.29, 0.717) is 0 Å². The van der Waals surface area contributed by atoms with Crippen LogP contribution in [0.25, 0.3) is 0 Å². The number of carbonyl (C=O) groups excluding carboxylic acids is 2. The fourth-order valence-electron chi connectivity index (χ4n) is 0. The number of hydrogen-bond acceptors (Lipinski definition) is 4. The van der Waals surface area contributed by atoms with Crippen LogP contribution in [0.2, 0.25) is 0 Å². The number of halogens is 2. The molecule has 0 atom stereocenters. The Morgan fingerprint density at radius 1 is 1.00 bits per heavy atom. The van der Waals surface area contributed by atoms with Crippen LogP contribution in [-0.2, 0) is 44.4 Å². The van der Waals surface area contributed by atoms with Gasteiger partial charge in [0.15, 0.2) is 0 Å². The SMILES string of the molecule is CC(=O)OCl.CC(=O)OCl.[Zr]. The molecule has 0 fully saturated rings. The van der Waals surface area contributed by atoms with E-state index >= 15 is 0 Å². The van der Waals surface area contributed by atoms with Gasteiger partial charge in [0.05, 0.1) is 0 Å². The van der Waals surface area contributed by atoms with Gasteiger partial charge >= 0.3 is 11.9 Å². The molecule has 0 aliphatic rings. The molecule has 64 valence electrons. The standard InChI is InChI=1S/2C2H3ClO2.Zr/c2*1-2(4)5-3;/h2*1H3;. The van der Waals surface area contributed by atoms with Gasteiger partial charge in [-0.05, 0) is 0 Å². The fraction of sp³-hybridized carbons (Fsp3) is 0.500. The molecule has 0 amide bonds. The van der Waals surface area contributed by atoms with Crippen LogP contribution >= 0.6 is 23.7 Å². The molecular formula is C4H6Cl2O4Zr. The van der Waals surface area contributed by atoms with Crippen molar-refractivity contribution in [1.29, 1.82) is 0 Å². The second-order valence-corrected chi connectivity index (χ2v) is 1.45. The summed E-state index contributed by atoms with van der Waals surface area (Å²) in [6, 6.07) is 0. The van der Waals surface area contributed by atoms with Gasteiger partial charge in [0, 0.05) is 40.1 Å². The zero-order valence-electron chi connectivity index (χ0n) is 5.89. The number of hydrogen-bond donors (Lipinski definition) is 0. The first-order chi connectivity index (χ1) is 4.54. The summed E-state index contributed by atoms with van der Waals surface area (Å²) in [5, 5.41) is 0. The van der Waals surface area contributed by atoms with Crippen molar-refractivity contribution in [2.24, 2.45) is 0 Å². The molecule has 0 aromatic carbocycles. The Bertz CT molecular complexity index is 105. The zero-order chi connectivity index (χ0) is 8.57. The smallest absolute Gasteiger partial charge is 0.321 e. The van der Waals surface area contributed by atoms with Crippen LogP contribution in [-0.4, -0.2) is 11.9 Å². The summed E-state index contributed by atoms with van der Waals surface area (Å²) in [7, 11) is 0. The molecule has 11 heavy (non-hydrogen) atoms. The number of carbonyl (C=O) groups is 2. The summed E-state index contributed by atoms with van der Waals surface area (Å²) >= 11 is 8.97. The minimum Gasteiger partial charge on any atom is -0.348 e. The fourth-order valence-corrected chi connectivity index (χ4v) is 0. The first-order valence-electron chi connectivity index (χ1n) is 2.13. The third-order valence-electron chi connectivity index (χ3n) is 0.217. The first kappa shape index (κ1) is 17.5. The largest absolute Gasteiger partial charge is 0.348 e. The Morgan fingerprint density at radius 3 is 1.09 bits per heavy atom. The van der Waals surface area contributed by atoms with Crippen LogP contribution < -0.4 is 0 Å². The summed E-state index contributed by atoms with van der Waals surface area (Å²) in [4.78, 5) is 18.9. The van der Waals surface area contributed by atoms with Crippen molar-refractivity contribution >= 4 is 35.7 Å². The Hall–Kier alpha value is 0.403. The van der Waals surface area contributed by atoms with Crippen LogP contribution in [0.1, 0.15) is 13.8 Å². The molecule has 0 aliphatic heterocycles. The molecule has 0 rings (SSSR count). The predicted octanol–water partition coefficient (Wildman–Crippen LogP) is 1.40. The van der Waals surface area contributed by atoms with E-state index in [1.807, 2.05) is 0 Å². The summed E-state index contributed by atoms with van der Waals surface area (Å²) < 4.78 is 7.17. The van der Waals surface area contributed by atoms with Gasteiger partial charge < -0.3 is 8.58 Å². The van der Waals surface area contributed by atoms with E-state index in [0.717, 1.165) is 0 Å². The van der Waals surface area contributed by atoms with Crippen LogP contribution in [0.15, 0.2) is 0 Å². The van der Waals surface area contributed by atoms with Crippen molar-refractivity contribution in [3.63, 3.8) is 0 Å². The molecule has 0 aromatic heterocycles. The molecule has 0 heterocycles. The summed E-state index contributed by atoms with van der Waals surface area (Å²) in [6.45, 7) is 2.46. The van der Waals surface area contributed by atoms with Gasteiger partial charge in [-0.1, -0.05) is 0 Å². The van der Waals surface area contributed by atoms with E-state index in [1.54, 1.807) is 0 Å². The van der Waals surface area contributed by atoms with Gasteiger partial charge in [-0.2, -0.15) is 0 Å². The Morgan fingerprint density at radius 2 is 1.09 bits per heavy atom. The maximum atomic E-state index is 9.46. The molecule has 0 unspecified atom stereocenters. The first-order valence-corrected chi connectivity index (χ1v) is 2.74. The van der Waals surface area contributed by atoms with Gasteiger partial charge in [0.2, 0.25) is 0 Å². The van der Waals surface area contributed by atoms with Crippen molar-refractivity contribution in [3.8, 4) is 0 Å². The molecule has 0 saturated heterocycles. The van der Waals surface area contributed by atoms with Crippen LogP contribution in [0.5, 0.6) is 0 Å². The second kappa shape index (κ2) is 13.0. The van der Waals surface area contributed by atoms with E-state index in [4.69, 9.17) is 0 Å². The van der Waals surface area contributed by atoms with Crippen molar-refractivity contribution in [3.05, 3.63) is 0 Å². The molecule has 0 aliphatic carbocycles. The zero-order valence-corrected chi connectivity index (χ0v) is 9.86. The van der Waals surface area contributed by atoms with Gasteiger partial charge in [0.25, 0.3) is 0 Å². The predicted molar refractivity (Wildman–Crippen MR) is 35.2 cm³/mol.